The normalized spacial score (nSPS) is 7.45. The highest BCUT2D eigenvalue weighted by atomic mass is 16.1. The third-order valence-electron chi connectivity index (χ3n) is 0.727. The number of aldehydes is 1. The van der Waals surface area contributed by atoms with Crippen LogP contribution in [0.5, 0.6) is 0 Å². The molecule has 0 aromatic heterocycles. The molecule has 0 aliphatic heterocycles. The topological polar surface area (TPSA) is 67.2 Å². The van der Waals surface area contributed by atoms with E-state index in [0.717, 1.165) is 19.4 Å². The van der Waals surface area contributed by atoms with Crippen LogP contribution in [-0.2, 0) is 4.79 Å². The molecule has 0 bridgehead atoms. The monoisotopic (exact) mass is 159 g/mol. The van der Waals surface area contributed by atoms with Gasteiger partial charge in [-0.2, -0.15) is 0 Å². The Kier molecular flexibility index (Phi) is 13.5. The van der Waals surface area contributed by atoms with E-state index in [4.69, 9.17) is 10.5 Å². The molecule has 4 nitrogen and oxygen atoms in total. The molecule has 0 aromatic carbocycles. The first kappa shape index (κ1) is 12.6. The van der Waals surface area contributed by atoms with Crippen molar-refractivity contribution in [1.29, 1.82) is 0 Å². The van der Waals surface area contributed by atoms with E-state index in [2.05, 4.69) is 17.2 Å². The largest absolute Gasteiger partial charge is 0.386 e. The molecular formula is C7H17N3O. The molecule has 0 aromatic rings. The smallest absolute Gasteiger partial charge is 0.116 e. The second-order valence-electron chi connectivity index (χ2n) is 1.79. The van der Waals surface area contributed by atoms with Crippen LogP contribution in [0.2, 0.25) is 0 Å². The van der Waals surface area contributed by atoms with Gasteiger partial charge in [0.1, 0.15) is 6.29 Å². The Balaban J connectivity index is 0. The molecule has 0 aliphatic rings. The summed E-state index contributed by atoms with van der Waals surface area (Å²) in [5, 5.41) is 5.83. The van der Waals surface area contributed by atoms with Gasteiger partial charge < -0.3 is 21.2 Å². The highest BCUT2D eigenvalue weighted by Gasteiger charge is 1.79. The van der Waals surface area contributed by atoms with Gasteiger partial charge in [-0.05, 0) is 14.0 Å². The van der Waals surface area contributed by atoms with Gasteiger partial charge in [-0.25, -0.2) is 0 Å². The number of rotatable bonds is 4. The maximum absolute atomic E-state index is 8.81. The summed E-state index contributed by atoms with van der Waals surface area (Å²) in [6, 6.07) is 0. The summed E-state index contributed by atoms with van der Waals surface area (Å²) in [6.45, 7) is 6.66. The lowest BCUT2D eigenvalue weighted by atomic mass is 10.6. The van der Waals surface area contributed by atoms with E-state index < -0.39 is 0 Å². The van der Waals surface area contributed by atoms with Gasteiger partial charge in [0.05, 0.1) is 5.82 Å². The number of hydrogen-bond donors (Lipinski definition) is 3. The molecule has 0 atom stereocenters. The second-order valence-corrected chi connectivity index (χ2v) is 1.79. The lowest BCUT2D eigenvalue weighted by molar-refractivity contribution is -0.106. The Labute approximate surface area is 67.8 Å². The second kappa shape index (κ2) is 11.7. The molecule has 4 heteroatoms. The molecule has 0 fully saturated rings. The zero-order chi connectivity index (χ0) is 9.11. The van der Waals surface area contributed by atoms with E-state index in [9.17, 15) is 0 Å². The molecule has 0 unspecified atom stereocenters. The van der Waals surface area contributed by atoms with Crippen molar-refractivity contribution in [2.45, 2.75) is 6.92 Å². The predicted molar refractivity (Wildman–Crippen MR) is 47.0 cm³/mol. The molecule has 0 rings (SSSR count). The SMILES string of the molecule is C=C(N)NCCNC.CC=O. The van der Waals surface area contributed by atoms with Crippen LogP contribution in [-0.4, -0.2) is 26.4 Å². The Morgan fingerprint density at radius 1 is 1.64 bits per heavy atom. The van der Waals surface area contributed by atoms with Gasteiger partial charge in [0.15, 0.2) is 0 Å². The average Bonchev–Trinajstić information content (AvgIpc) is 1.89. The minimum Gasteiger partial charge on any atom is -0.386 e. The van der Waals surface area contributed by atoms with Crippen LogP contribution in [0, 0.1) is 0 Å². The third kappa shape index (κ3) is 27.6. The van der Waals surface area contributed by atoms with Crippen LogP contribution in [0.15, 0.2) is 12.4 Å². The van der Waals surface area contributed by atoms with Gasteiger partial charge in [0.25, 0.3) is 0 Å². The van der Waals surface area contributed by atoms with E-state index >= 15 is 0 Å². The number of likely N-dealkylation sites (N-methyl/N-ethyl adjacent to an activating group) is 1. The fourth-order valence-electron chi connectivity index (χ4n) is 0.348. The van der Waals surface area contributed by atoms with Gasteiger partial charge in [0.2, 0.25) is 0 Å². The molecule has 0 heterocycles. The van der Waals surface area contributed by atoms with Crippen molar-refractivity contribution in [3.05, 3.63) is 12.4 Å². The quantitative estimate of drug-likeness (QED) is 0.379. The zero-order valence-corrected chi connectivity index (χ0v) is 7.18. The summed E-state index contributed by atoms with van der Waals surface area (Å²) < 4.78 is 0. The molecule has 0 saturated carbocycles. The van der Waals surface area contributed by atoms with Gasteiger partial charge in [-0.15, -0.1) is 0 Å². The van der Waals surface area contributed by atoms with Crippen molar-refractivity contribution >= 4 is 6.29 Å². The highest BCUT2D eigenvalue weighted by molar-refractivity contribution is 5.44. The minimum atomic E-state index is 0.528. The highest BCUT2D eigenvalue weighted by Crippen LogP contribution is 1.62. The Morgan fingerprint density at radius 3 is 2.36 bits per heavy atom. The summed E-state index contributed by atoms with van der Waals surface area (Å²) in [6.07, 6.45) is 0.750. The van der Waals surface area contributed by atoms with Crippen LogP contribution < -0.4 is 16.4 Å². The van der Waals surface area contributed by atoms with Crippen molar-refractivity contribution in [2.75, 3.05) is 20.1 Å². The molecular weight excluding hydrogens is 142 g/mol. The fourth-order valence-corrected chi connectivity index (χ4v) is 0.348. The van der Waals surface area contributed by atoms with Gasteiger partial charge >= 0.3 is 0 Å². The van der Waals surface area contributed by atoms with Crippen LogP contribution in [0.4, 0.5) is 0 Å². The first-order chi connectivity index (χ1) is 5.18. The predicted octanol–water partition coefficient (Wildman–Crippen LogP) is -0.570. The van der Waals surface area contributed by atoms with Crippen molar-refractivity contribution in [2.24, 2.45) is 5.73 Å². The number of hydrogen-bond acceptors (Lipinski definition) is 4. The van der Waals surface area contributed by atoms with E-state index in [0.29, 0.717) is 5.82 Å². The maximum atomic E-state index is 8.81. The van der Waals surface area contributed by atoms with Crippen molar-refractivity contribution in [3.8, 4) is 0 Å². The van der Waals surface area contributed by atoms with Crippen molar-refractivity contribution in [1.82, 2.24) is 10.6 Å². The van der Waals surface area contributed by atoms with Gasteiger partial charge in [-0.1, -0.05) is 6.58 Å². The summed E-state index contributed by atoms with van der Waals surface area (Å²) in [5.74, 6) is 0.528. The van der Waals surface area contributed by atoms with E-state index in [1.807, 2.05) is 7.05 Å². The summed E-state index contributed by atoms with van der Waals surface area (Å²) in [4.78, 5) is 8.81. The molecule has 4 N–H and O–H groups in total. The van der Waals surface area contributed by atoms with Crippen LogP contribution >= 0.6 is 0 Å². The summed E-state index contributed by atoms with van der Waals surface area (Å²) >= 11 is 0. The molecule has 0 amide bonds. The average molecular weight is 159 g/mol. The van der Waals surface area contributed by atoms with Gasteiger partial charge in [-0.3, -0.25) is 0 Å². The Morgan fingerprint density at radius 2 is 2.09 bits per heavy atom. The molecule has 0 saturated heterocycles. The maximum Gasteiger partial charge on any atom is 0.116 e. The first-order valence-corrected chi connectivity index (χ1v) is 3.41. The van der Waals surface area contributed by atoms with Crippen LogP contribution in [0.25, 0.3) is 0 Å². The molecule has 0 radical (unpaired) electrons. The van der Waals surface area contributed by atoms with Gasteiger partial charge in [0, 0.05) is 13.1 Å². The summed E-state index contributed by atoms with van der Waals surface area (Å²) in [7, 11) is 1.89. The van der Waals surface area contributed by atoms with E-state index in [1.165, 1.54) is 6.92 Å². The fraction of sp³-hybridized carbons (Fsp3) is 0.571. The molecule has 66 valence electrons. The van der Waals surface area contributed by atoms with E-state index in [1.54, 1.807) is 0 Å². The Hall–Kier alpha value is -1.03. The minimum absolute atomic E-state index is 0.528. The molecule has 0 spiro atoms. The zero-order valence-electron chi connectivity index (χ0n) is 7.18. The lowest BCUT2D eigenvalue weighted by Gasteiger charge is -2.01. The van der Waals surface area contributed by atoms with Crippen molar-refractivity contribution in [3.63, 3.8) is 0 Å². The third-order valence-corrected chi connectivity index (χ3v) is 0.727. The molecule has 0 aliphatic carbocycles. The van der Waals surface area contributed by atoms with Crippen LogP contribution in [0.1, 0.15) is 6.92 Å². The lowest BCUT2D eigenvalue weighted by Crippen LogP contribution is -2.27. The number of carbonyl (C=O) groups is 1. The number of nitrogens with two attached hydrogens (primary N) is 1. The first-order valence-electron chi connectivity index (χ1n) is 3.41. The number of carbonyl (C=O) groups excluding carboxylic acids is 1. The van der Waals surface area contributed by atoms with Crippen molar-refractivity contribution < 1.29 is 4.79 Å². The Bertz CT molecular complexity index is 104. The molecule has 11 heavy (non-hydrogen) atoms. The van der Waals surface area contributed by atoms with Crippen LogP contribution in [0.3, 0.4) is 0 Å². The summed E-state index contributed by atoms with van der Waals surface area (Å²) in [5.41, 5.74) is 5.20. The van der Waals surface area contributed by atoms with E-state index in [-0.39, 0.29) is 0 Å². The number of nitrogens with one attached hydrogen (secondary N) is 2. The standard InChI is InChI=1S/C5H13N3.C2H4O/c1-5(6)8-4-3-7-2;1-2-3/h7-8H,1,3-4,6H2,2H3;2H,1H3.